The lowest BCUT2D eigenvalue weighted by atomic mass is 10.00. The summed E-state index contributed by atoms with van der Waals surface area (Å²) >= 11 is 6.40. The topological polar surface area (TPSA) is 29.9 Å². The third-order valence-electron chi connectivity index (χ3n) is 3.83. The van der Waals surface area contributed by atoms with Gasteiger partial charge in [0.2, 0.25) is 0 Å². The van der Waals surface area contributed by atoms with Gasteiger partial charge in [-0.25, -0.2) is 0 Å². The molecule has 102 valence electrons. The highest BCUT2D eigenvalue weighted by atomic mass is 35.5. The van der Waals surface area contributed by atoms with Crippen molar-refractivity contribution in [3.8, 4) is 0 Å². The minimum atomic E-state index is 0.656. The smallest absolute Gasteiger partial charge is 0.0849 e. The Morgan fingerprint density at radius 1 is 1.44 bits per heavy atom. The molecule has 1 aliphatic rings. The molecule has 0 spiro atoms. The van der Waals surface area contributed by atoms with Gasteiger partial charge in [-0.05, 0) is 38.1 Å². The Labute approximate surface area is 115 Å². The van der Waals surface area contributed by atoms with E-state index in [1.165, 1.54) is 25.0 Å². The van der Waals surface area contributed by atoms with Crippen molar-refractivity contribution >= 4 is 11.6 Å². The molecule has 1 heterocycles. The van der Waals surface area contributed by atoms with Gasteiger partial charge >= 0.3 is 0 Å². The van der Waals surface area contributed by atoms with E-state index >= 15 is 0 Å². The van der Waals surface area contributed by atoms with Crippen LogP contribution in [0.5, 0.6) is 0 Å². The van der Waals surface area contributed by atoms with E-state index in [1.54, 1.807) is 0 Å². The van der Waals surface area contributed by atoms with Gasteiger partial charge in [0.1, 0.15) is 0 Å². The number of hydrogen-bond acceptors (Lipinski definition) is 2. The molecular formula is C14H24ClN3. The van der Waals surface area contributed by atoms with Crippen LogP contribution >= 0.6 is 11.6 Å². The molecule has 0 saturated heterocycles. The van der Waals surface area contributed by atoms with Crippen molar-refractivity contribution in [3.63, 3.8) is 0 Å². The average molecular weight is 270 g/mol. The maximum absolute atomic E-state index is 6.40. The van der Waals surface area contributed by atoms with Crippen molar-refractivity contribution < 1.29 is 0 Å². The molecule has 2 rings (SSSR count). The Kier molecular flexibility index (Phi) is 4.68. The first kappa shape index (κ1) is 13.9. The molecule has 1 aliphatic carbocycles. The van der Waals surface area contributed by atoms with Gasteiger partial charge in [0.05, 0.1) is 16.4 Å². The van der Waals surface area contributed by atoms with E-state index < -0.39 is 0 Å². The molecule has 1 aromatic heterocycles. The van der Waals surface area contributed by atoms with Crippen LogP contribution in [0, 0.1) is 5.92 Å². The largest absolute Gasteiger partial charge is 0.314 e. The second-order valence-electron chi connectivity index (χ2n) is 5.35. The van der Waals surface area contributed by atoms with E-state index in [0.717, 1.165) is 36.1 Å². The molecule has 0 radical (unpaired) electrons. The molecule has 0 aliphatic heterocycles. The zero-order chi connectivity index (χ0) is 13.1. The van der Waals surface area contributed by atoms with Crippen molar-refractivity contribution in [2.75, 3.05) is 6.54 Å². The molecule has 4 heteroatoms. The third-order valence-corrected chi connectivity index (χ3v) is 4.27. The maximum atomic E-state index is 6.40. The molecule has 0 aromatic carbocycles. The van der Waals surface area contributed by atoms with Gasteiger partial charge < -0.3 is 5.32 Å². The van der Waals surface area contributed by atoms with Crippen LogP contribution in [0.25, 0.3) is 0 Å². The molecule has 1 unspecified atom stereocenters. The predicted molar refractivity (Wildman–Crippen MR) is 76.1 cm³/mol. The highest BCUT2D eigenvalue weighted by Crippen LogP contribution is 2.25. The molecule has 3 nitrogen and oxygen atoms in total. The van der Waals surface area contributed by atoms with Crippen LogP contribution in [0.4, 0.5) is 0 Å². The molecule has 1 aromatic rings. The first-order chi connectivity index (χ1) is 8.65. The summed E-state index contributed by atoms with van der Waals surface area (Å²) < 4.78 is 1.96. The van der Waals surface area contributed by atoms with Crippen molar-refractivity contribution in [2.24, 2.45) is 13.0 Å². The summed E-state index contributed by atoms with van der Waals surface area (Å²) in [7, 11) is 2.00. The van der Waals surface area contributed by atoms with Crippen LogP contribution in [-0.2, 0) is 19.9 Å². The van der Waals surface area contributed by atoms with E-state index in [1.807, 2.05) is 11.7 Å². The van der Waals surface area contributed by atoms with Crippen LogP contribution in [0.1, 0.15) is 44.5 Å². The summed E-state index contributed by atoms with van der Waals surface area (Å²) in [6.45, 7) is 5.46. The Balaban J connectivity index is 1.98. The molecule has 1 atom stereocenters. The summed E-state index contributed by atoms with van der Waals surface area (Å²) in [5.74, 6) is 0.656. The van der Waals surface area contributed by atoms with Gasteiger partial charge in [0.15, 0.2) is 0 Å². The van der Waals surface area contributed by atoms with Gasteiger partial charge in [-0.15, -0.1) is 0 Å². The lowest BCUT2D eigenvalue weighted by molar-refractivity contribution is 0.446. The maximum Gasteiger partial charge on any atom is 0.0849 e. The second kappa shape index (κ2) is 6.07. The van der Waals surface area contributed by atoms with Crippen molar-refractivity contribution in [1.82, 2.24) is 15.1 Å². The fourth-order valence-electron chi connectivity index (χ4n) is 2.30. The summed E-state index contributed by atoms with van der Waals surface area (Å²) in [4.78, 5) is 0. The quantitative estimate of drug-likeness (QED) is 0.825. The number of nitrogens with one attached hydrogen (secondary N) is 1. The van der Waals surface area contributed by atoms with Crippen LogP contribution in [-0.4, -0.2) is 22.4 Å². The van der Waals surface area contributed by atoms with Gasteiger partial charge in [0, 0.05) is 13.1 Å². The fraction of sp³-hybridized carbons (Fsp3) is 0.786. The van der Waals surface area contributed by atoms with E-state index in [2.05, 4.69) is 24.3 Å². The van der Waals surface area contributed by atoms with E-state index in [4.69, 9.17) is 11.6 Å². The van der Waals surface area contributed by atoms with Crippen LogP contribution < -0.4 is 5.32 Å². The number of nitrogens with zero attached hydrogens (tertiary/aromatic N) is 2. The van der Waals surface area contributed by atoms with Gasteiger partial charge in [0.25, 0.3) is 0 Å². The van der Waals surface area contributed by atoms with Gasteiger partial charge in [-0.1, -0.05) is 31.9 Å². The summed E-state index contributed by atoms with van der Waals surface area (Å²) in [6, 6.07) is 0.785. The number of rotatable bonds is 7. The van der Waals surface area contributed by atoms with Gasteiger partial charge in [-0.3, -0.25) is 4.68 Å². The fourth-order valence-corrected chi connectivity index (χ4v) is 2.67. The minimum absolute atomic E-state index is 0.656. The summed E-state index contributed by atoms with van der Waals surface area (Å²) in [5, 5.41) is 8.98. The highest BCUT2D eigenvalue weighted by molar-refractivity contribution is 6.31. The summed E-state index contributed by atoms with van der Waals surface area (Å²) in [6.07, 6.45) is 5.82. The third kappa shape index (κ3) is 3.27. The van der Waals surface area contributed by atoms with E-state index in [0.29, 0.717) is 5.92 Å². The first-order valence-corrected chi connectivity index (χ1v) is 7.47. The second-order valence-corrected chi connectivity index (χ2v) is 5.72. The van der Waals surface area contributed by atoms with E-state index in [-0.39, 0.29) is 0 Å². The molecule has 0 bridgehead atoms. The normalized spacial score (nSPS) is 17.1. The number of halogens is 1. The highest BCUT2D eigenvalue weighted by Gasteiger charge is 2.23. The monoisotopic (exact) mass is 269 g/mol. The number of aryl methyl sites for hydroxylation is 2. The molecular weight excluding hydrogens is 246 g/mol. The zero-order valence-electron chi connectivity index (χ0n) is 11.7. The van der Waals surface area contributed by atoms with Crippen molar-refractivity contribution in [3.05, 3.63) is 16.4 Å². The van der Waals surface area contributed by atoms with Crippen LogP contribution in [0.3, 0.4) is 0 Å². The first-order valence-electron chi connectivity index (χ1n) is 7.09. The number of aromatic nitrogens is 2. The Bertz CT molecular complexity index is 396. The molecule has 1 fully saturated rings. The Morgan fingerprint density at radius 3 is 2.67 bits per heavy atom. The Hall–Kier alpha value is -0.540. The predicted octanol–water partition coefficient (Wildman–Crippen LogP) is 2.96. The molecule has 1 N–H and O–H groups in total. The Morgan fingerprint density at radius 2 is 2.17 bits per heavy atom. The molecule has 0 amide bonds. The van der Waals surface area contributed by atoms with Crippen LogP contribution in [0.2, 0.25) is 5.02 Å². The van der Waals surface area contributed by atoms with Gasteiger partial charge in [-0.2, -0.15) is 5.10 Å². The molecule has 1 saturated carbocycles. The van der Waals surface area contributed by atoms with E-state index in [9.17, 15) is 0 Å². The standard InChI is InChI=1S/C14H24ClN3/c1-4-10(9-16-11-6-7-11)8-13-14(15)12(5-2)17-18(13)3/h10-11,16H,4-9H2,1-3H3. The lowest BCUT2D eigenvalue weighted by Gasteiger charge is -2.16. The van der Waals surface area contributed by atoms with Crippen molar-refractivity contribution in [2.45, 2.75) is 52.0 Å². The number of hydrogen-bond donors (Lipinski definition) is 1. The summed E-state index contributed by atoms with van der Waals surface area (Å²) in [5.41, 5.74) is 2.22. The van der Waals surface area contributed by atoms with Crippen LogP contribution in [0.15, 0.2) is 0 Å². The lowest BCUT2D eigenvalue weighted by Crippen LogP contribution is -2.26. The zero-order valence-corrected chi connectivity index (χ0v) is 12.4. The average Bonchev–Trinajstić information content (AvgIpc) is 3.15. The molecule has 18 heavy (non-hydrogen) atoms. The minimum Gasteiger partial charge on any atom is -0.314 e. The van der Waals surface area contributed by atoms with Crippen molar-refractivity contribution in [1.29, 1.82) is 0 Å². The SMILES string of the molecule is CCc1nn(C)c(CC(CC)CNC2CC2)c1Cl.